The highest BCUT2D eigenvalue weighted by atomic mass is 19.1. The number of aromatic nitrogens is 4. The highest BCUT2D eigenvalue weighted by molar-refractivity contribution is 5.77. The number of hydrogen-bond acceptors (Lipinski definition) is 5. The summed E-state index contributed by atoms with van der Waals surface area (Å²) >= 11 is 0. The summed E-state index contributed by atoms with van der Waals surface area (Å²) in [7, 11) is 0. The molecule has 8 nitrogen and oxygen atoms in total. The summed E-state index contributed by atoms with van der Waals surface area (Å²) in [6, 6.07) is 3.62. The van der Waals surface area contributed by atoms with Gasteiger partial charge in [-0.1, -0.05) is 0 Å². The number of aromatic amines is 1. The molecule has 9 heteroatoms. The van der Waals surface area contributed by atoms with Crippen molar-refractivity contribution < 1.29 is 19.0 Å². The van der Waals surface area contributed by atoms with Crippen molar-refractivity contribution in [1.82, 2.24) is 19.7 Å². The molecule has 2 heterocycles. The van der Waals surface area contributed by atoms with Gasteiger partial charge in [-0.3, -0.25) is 9.78 Å². The Bertz CT molecular complexity index is 902. The van der Waals surface area contributed by atoms with Crippen molar-refractivity contribution in [2.75, 3.05) is 0 Å². The van der Waals surface area contributed by atoms with Gasteiger partial charge in [0.05, 0.1) is 23.3 Å². The van der Waals surface area contributed by atoms with Crippen LogP contribution in [0.1, 0.15) is 0 Å². The van der Waals surface area contributed by atoms with Gasteiger partial charge in [0.1, 0.15) is 5.82 Å². The molecule has 2 N–H and O–H groups in total. The first kappa shape index (κ1) is 12.8. The van der Waals surface area contributed by atoms with Crippen LogP contribution in [-0.2, 0) is 0 Å². The van der Waals surface area contributed by atoms with E-state index in [4.69, 9.17) is 5.11 Å². The standard InChI is InChI=1S/C12H7FN4O4/c13-6-1-2-9-8(3-6)10(18)16-11(15-9)17-5-7(4-14-17)21-12(19)20/h1-5H,(H,19,20)(H,15,16,18). The molecule has 0 fully saturated rings. The lowest BCUT2D eigenvalue weighted by Crippen LogP contribution is -2.14. The highest BCUT2D eigenvalue weighted by Gasteiger charge is 2.10. The van der Waals surface area contributed by atoms with E-state index in [9.17, 15) is 14.0 Å². The Morgan fingerprint density at radius 1 is 1.43 bits per heavy atom. The summed E-state index contributed by atoms with van der Waals surface area (Å²) in [5.74, 6) is -0.512. The number of carbonyl (C=O) groups is 1. The Kier molecular flexibility index (Phi) is 2.87. The lowest BCUT2D eigenvalue weighted by atomic mass is 10.2. The number of nitrogens with one attached hydrogen (secondary N) is 1. The van der Waals surface area contributed by atoms with E-state index in [2.05, 4.69) is 19.8 Å². The lowest BCUT2D eigenvalue weighted by molar-refractivity contribution is 0.144. The molecular formula is C12H7FN4O4. The van der Waals surface area contributed by atoms with Crippen LogP contribution in [0.3, 0.4) is 0 Å². The van der Waals surface area contributed by atoms with E-state index in [1.807, 2.05) is 0 Å². The van der Waals surface area contributed by atoms with Crippen molar-refractivity contribution in [1.29, 1.82) is 0 Å². The zero-order valence-electron chi connectivity index (χ0n) is 10.3. The maximum atomic E-state index is 13.1. The molecule has 0 saturated carbocycles. The Labute approximate surface area is 115 Å². The number of benzene rings is 1. The molecule has 0 atom stereocenters. The smallest absolute Gasteiger partial charge is 0.449 e. The van der Waals surface area contributed by atoms with Gasteiger partial charge in [0, 0.05) is 0 Å². The van der Waals surface area contributed by atoms with Crippen LogP contribution in [0.25, 0.3) is 16.9 Å². The van der Waals surface area contributed by atoms with E-state index >= 15 is 0 Å². The third kappa shape index (κ3) is 2.43. The van der Waals surface area contributed by atoms with Gasteiger partial charge in [0.15, 0.2) is 5.75 Å². The molecule has 3 aromatic rings. The quantitative estimate of drug-likeness (QED) is 0.688. The van der Waals surface area contributed by atoms with Crippen molar-refractivity contribution in [2.45, 2.75) is 0 Å². The average molecular weight is 290 g/mol. The number of fused-ring (bicyclic) bond motifs is 1. The molecule has 0 saturated heterocycles. The molecule has 0 aliphatic rings. The van der Waals surface area contributed by atoms with Gasteiger partial charge < -0.3 is 9.84 Å². The van der Waals surface area contributed by atoms with E-state index < -0.39 is 17.5 Å². The molecule has 0 aliphatic heterocycles. The normalized spacial score (nSPS) is 10.7. The Morgan fingerprint density at radius 3 is 3.00 bits per heavy atom. The molecule has 3 rings (SSSR count). The molecular weight excluding hydrogens is 283 g/mol. The highest BCUT2D eigenvalue weighted by Crippen LogP contribution is 2.13. The van der Waals surface area contributed by atoms with Gasteiger partial charge in [-0.25, -0.2) is 18.9 Å². The second kappa shape index (κ2) is 4.71. The number of halogens is 1. The fourth-order valence-corrected chi connectivity index (χ4v) is 1.78. The van der Waals surface area contributed by atoms with E-state index in [-0.39, 0.29) is 22.6 Å². The molecule has 0 bridgehead atoms. The van der Waals surface area contributed by atoms with Gasteiger partial charge in [-0.15, -0.1) is 0 Å². The van der Waals surface area contributed by atoms with E-state index in [1.165, 1.54) is 18.3 Å². The minimum Gasteiger partial charge on any atom is -0.449 e. The number of hydrogen-bond donors (Lipinski definition) is 2. The summed E-state index contributed by atoms with van der Waals surface area (Å²) in [5, 5.41) is 12.4. The predicted molar refractivity (Wildman–Crippen MR) is 68.1 cm³/mol. The molecule has 21 heavy (non-hydrogen) atoms. The van der Waals surface area contributed by atoms with Crippen LogP contribution in [0.4, 0.5) is 9.18 Å². The maximum Gasteiger partial charge on any atom is 0.511 e. The second-order valence-electron chi connectivity index (χ2n) is 4.04. The minimum atomic E-state index is -1.48. The van der Waals surface area contributed by atoms with E-state index in [0.717, 1.165) is 16.9 Å². The number of ether oxygens (including phenoxy) is 1. The summed E-state index contributed by atoms with van der Waals surface area (Å²) in [4.78, 5) is 28.8. The third-order valence-electron chi connectivity index (χ3n) is 2.64. The third-order valence-corrected chi connectivity index (χ3v) is 2.64. The molecule has 2 aromatic heterocycles. The van der Waals surface area contributed by atoms with E-state index in [1.54, 1.807) is 0 Å². The van der Waals surface area contributed by atoms with Crippen LogP contribution in [0.5, 0.6) is 5.75 Å². The predicted octanol–water partition coefficient (Wildman–Crippen LogP) is 1.30. The van der Waals surface area contributed by atoms with Gasteiger partial charge in [0.2, 0.25) is 5.95 Å². The van der Waals surface area contributed by atoms with E-state index in [0.29, 0.717) is 0 Å². The molecule has 0 spiro atoms. The first-order valence-electron chi connectivity index (χ1n) is 5.68. The number of H-pyrrole nitrogens is 1. The Balaban J connectivity index is 2.08. The summed E-state index contributed by atoms with van der Waals surface area (Å²) in [6.45, 7) is 0. The largest absolute Gasteiger partial charge is 0.511 e. The van der Waals surface area contributed by atoms with Gasteiger partial charge in [-0.05, 0) is 18.2 Å². The Hall–Kier alpha value is -3.23. The molecule has 0 radical (unpaired) electrons. The van der Waals surface area contributed by atoms with Gasteiger partial charge in [0.25, 0.3) is 5.56 Å². The monoisotopic (exact) mass is 290 g/mol. The molecule has 106 valence electrons. The molecule has 0 amide bonds. The SMILES string of the molecule is O=C(O)Oc1cnn(-c2nc3ccc(F)cc3c(=O)[nH]2)c1. The summed E-state index contributed by atoms with van der Waals surface area (Å²) < 4.78 is 18.6. The van der Waals surface area contributed by atoms with Crippen LogP contribution in [-0.4, -0.2) is 31.0 Å². The van der Waals surface area contributed by atoms with Crippen molar-refractivity contribution >= 4 is 17.1 Å². The maximum absolute atomic E-state index is 13.1. The lowest BCUT2D eigenvalue weighted by Gasteiger charge is -2.02. The minimum absolute atomic E-state index is 0.0237. The fourth-order valence-electron chi connectivity index (χ4n) is 1.78. The number of nitrogens with zero attached hydrogens (tertiary/aromatic N) is 3. The van der Waals surface area contributed by atoms with Crippen LogP contribution in [0, 0.1) is 5.82 Å². The summed E-state index contributed by atoms with van der Waals surface area (Å²) in [6.07, 6.45) is 0.912. The first-order chi connectivity index (χ1) is 10.0. The van der Waals surface area contributed by atoms with Crippen LogP contribution < -0.4 is 10.3 Å². The zero-order valence-corrected chi connectivity index (χ0v) is 10.3. The average Bonchev–Trinajstić information content (AvgIpc) is 2.87. The van der Waals surface area contributed by atoms with Crippen LogP contribution in [0.15, 0.2) is 35.4 Å². The first-order valence-corrected chi connectivity index (χ1v) is 5.68. The number of rotatable bonds is 2. The van der Waals surface area contributed by atoms with Crippen molar-refractivity contribution in [3.8, 4) is 11.7 Å². The summed E-state index contributed by atoms with van der Waals surface area (Å²) in [5.41, 5.74) is -0.253. The van der Waals surface area contributed by atoms with Crippen molar-refractivity contribution in [3.05, 3.63) is 46.8 Å². The molecule has 1 aromatic carbocycles. The van der Waals surface area contributed by atoms with Gasteiger partial charge in [-0.2, -0.15) is 5.10 Å². The zero-order chi connectivity index (χ0) is 15.0. The van der Waals surface area contributed by atoms with Gasteiger partial charge >= 0.3 is 6.16 Å². The topological polar surface area (TPSA) is 110 Å². The van der Waals surface area contributed by atoms with Crippen LogP contribution >= 0.6 is 0 Å². The molecule has 0 unspecified atom stereocenters. The van der Waals surface area contributed by atoms with Crippen molar-refractivity contribution in [2.24, 2.45) is 0 Å². The second-order valence-corrected chi connectivity index (χ2v) is 4.04. The fraction of sp³-hybridized carbons (Fsp3) is 0. The van der Waals surface area contributed by atoms with Crippen LogP contribution in [0.2, 0.25) is 0 Å². The number of carboxylic acid groups (broad SMARTS) is 1. The Morgan fingerprint density at radius 2 is 2.24 bits per heavy atom. The molecule has 0 aliphatic carbocycles. The van der Waals surface area contributed by atoms with Crippen molar-refractivity contribution in [3.63, 3.8) is 0 Å².